The minimum absolute atomic E-state index is 0.0492. The lowest BCUT2D eigenvalue weighted by molar-refractivity contribution is -0.116. The highest BCUT2D eigenvalue weighted by atomic mass is 16.5. The van der Waals surface area contributed by atoms with Crippen LogP contribution in [0.15, 0.2) is 24.3 Å². The molecule has 0 radical (unpaired) electrons. The van der Waals surface area contributed by atoms with Crippen LogP contribution in [-0.2, 0) is 11.2 Å². The van der Waals surface area contributed by atoms with Crippen LogP contribution in [0.3, 0.4) is 0 Å². The molecule has 3 heteroatoms. The number of methoxy groups -OCH3 is 1. The maximum atomic E-state index is 11.9. The lowest BCUT2D eigenvalue weighted by Gasteiger charge is -2.19. The molecule has 0 atom stereocenters. The van der Waals surface area contributed by atoms with Crippen molar-refractivity contribution in [2.45, 2.75) is 38.1 Å². The average molecular weight is 257 g/mol. The van der Waals surface area contributed by atoms with Gasteiger partial charge in [-0.15, -0.1) is 0 Å². The van der Waals surface area contributed by atoms with E-state index in [2.05, 4.69) is 11.4 Å². The normalized spacial score (nSPS) is 19.9. The number of fused-ring (bicyclic) bond motifs is 1. The summed E-state index contributed by atoms with van der Waals surface area (Å²) in [5.41, 5.74) is 3.63. The number of carbonyl (C=O) groups excluding carboxylic acids is 1. The summed E-state index contributed by atoms with van der Waals surface area (Å²) in [6.45, 7) is 0. The Morgan fingerprint density at radius 2 is 2.21 bits per heavy atom. The summed E-state index contributed by atoms with van der Waals surface area (Å²) in [5, 5.41) is 3.01. The van der Waals surface area contributed by atoms with Gasteiger partial charge < -0.3 is 10.1 Å². The molecule has 1 fully saturated rings. The quantitative estimate of drug-likeness (QED) is 0.845. The molecule has 0 unspecified atom stereocenters. The van der Waals surface area contributed by atoms with Gasteiger partial charge in [-0.25, -0.2) is 0 Å². The van der Waals surface area contributed by atoms with E-state index in [0.29, 0.717) is 6.04 Å². The van der Waals surface area contributed by atoms with Gasteiger partial charge in [0.15, 0.2) is 0 Å². The zero-order valence-electron chi connectivity index (χ0n) is 11.2. The first-order valence-corrected chi connectivity index (χ1v) is 6.94. The summed E-state index contributed by atoms with van der Waals surface area (Å²) >= 11 is 0. The fourth-order valence-electron chi connectivity index (χ4n) is 2.58. The molecule has 0 saturated heterocycles. The summed E-state index contributed by atoms with van der Waals surface area (Å²) in [4.78, 5) is 11.9. The molecule has 0 aromatic heterocycles. The van der Waals surface area contributed by atoms with Gasteiger partial charge >= 0.3 is 0 Å². The first-order chi connectivity index (χ1) is 9.26. The number of hydrogen-bond acceptors (Lipinski definition) is 2. The van der Waals surface area contributed by atoms with Crippen LogP contribution in [0.4, 0.5) is 0 Å². The minimum Gasteiger partial charge on any atom is -0.497 e. The molecule has 3 rings (SSSR count). The number of benzene rings is 1. The molecule has 1 aromatic carbocycles. The molecule has 1 N–H and O–H groups in total. The Hall–Kier alpha value is -1.77. The topological polar surface area (TPSA) is 38.3 Å². The molecule has 1 saturated carbocycles. The number of aryl methyl sites for hydroxylation is 1. The zero-order chi connectivity index (χ0) is 13.2. The highest BCUT2D eigenvalue weighted by Crippen LogP contribution is 2.33. The van der Waals surface area contributed by atoms with Crippen molar-refractivity contribution >= 4 is 11.5 Å². The summed E-state index contributed by atoms with van der Waals surface area (Å²) in [7, 11) is 1.67. The molecule has 0 heterocycles. The number of hydrogen-bond donors (Lipinski definition) is 1. The Labute approximate surface area is 113 Å². The van der Waals surface area contributed by atoms with E-state index >= 15 is 0 Å². The Morgan fingerprint density at radius 3 is 2.95 bits per heavy atom. The SMILES string of the molecule is COc1ccc2c(c1)/C(=C/C(=O)NC1CC1)CCC2. The van der Waals surface area contributed by atoms with Crippen LogP contribution in [0.2, 0.25) is 0 Å². The van der Waals surface area contributed by atoms with Crippen LogP contribution in [0.25, 0.3) is 5.57 Å². The van der Waals surface area contributed by atoms with E-state index in [4.69, 9.17) is 4.74 Å². The predicted molar refractivity (Wildman–Crippen MR) is 75.1 cm³/mol. The third-order valence-corrected chi connectivity index (χ3v) is 3.78. The number of allylic oxidation sites excluding steroid dienone is 1. The molecule has 3 nitrogen and oxygen atoms in total. The van der Waals surface area contributed by atoms with Crippen molar-refractivity contribution in [1.82, 2.24) is 5.32 Å². The van der Waals surface area contributed by atoms with E-state index in [0.717, 1.165) is 43.4 Å². The second-order valence-electron chi connectivity index (χ2n) is 5.33. The van der Waals surface area contributed by atoms with E-state index in [-0.39, 0.29) is 5.91 Å². The Balaban J connectivity index is 1.87. The van der Waals surface area contributed by atoms with Gasteiger partial charge in [-0.05, 0) is 60.9 Å². The lowest BCUT2D eigenvalue weighted by Crippen LogP contribution is -2.23. The standard InChI is InChI=1S/C16H19NO2/c1-19-14-8-5-11-3-2-4-12(15(11)10-14)9-16(18)17-13-6-7-13/h5,8-10,13H,2-4,6-7H2,1H3,(H,17,18)/b12-9+. The van der Waals surface area contributed by atoms with Crippen LogP contribution in [0.5, 0.6) is 5.75 Å². The monoisotopic (exact) mass is 257 g/mol. The van der Waals surface area contributed by atoms with Gasteiger partial charge in [0.05, 0.1) is 7.11 Å². The second kappa shape index (κ2) is 5.08. The molecule has 100 valence electrons. The average Bonchev–Trinajstić information content (AvgIpc) is 3.22. The van der Waals surface area contributed by atoms with E-state index < -0.39 is 0 Å². The summed E-state index contributed by atoms with van der Waals surface area (Å²) in [5.74, 6) is 0.905. The Bertz CT molecular complexity index is 530. The fraction of sp³-hybridized carbons (Fsp3) is 0.438. The van der Waals surface area contributed by atoms with Crippen LogP contribution in [0, 0.1) is 0 Å². The van der Waals surface area contributed by atoms with Crippen molar-refractivity contribution in [3.63, 3.8) is 0 Å². The van der Waals surface area contributed by atoms with E-state index in [1.807, 2.05) is 12.1 Å². The third-order valence-electron chi connectivity index (χ3n) is 3.78. The maximum absolute atomic E-state index is 11.9. The van der Waals surface area contributed by atoms with Crippen molar-refractivity contribution in [2.75, 3.05) is 7.11 Å². The summed E-state index contributed by atoms with van der Waals surface area (Å²) < 4.78 is 5.28. The van der Waals surface area contributed by atoms with Crippen LogP contribution < -0.4 is 10.1 Å². The predicted octanol–water partition coefficient (Wildman–Crippen LogP) is 2.69. The second-order valence-corrected chi connectivity index (χ2v) is 5.33. The lowest BCUT2D eigenvalue weighted by atomic mass is 9.87. The smallest absolute Gasteiger partial charge is 0.244 e. The first-order valence-electron chi connectivity index (χ1n) is 6.94. The Morgan fingerprint density at radius 1 is 1.37 bits per heavy atom. The van der Waals surface area contributed by atoms with Gasteiger partial charge in [0.2, 0.25) is 5.91 Å². The number of amides is 1. The molecule has 2 aliphatic rings. The van der Waals surface area contributed by atoms with Crippen LogP contribution in [-0.4, -0.2) is 19.1 Å². The third kappa shape index (κ3) is 2.80. The molecular weight excluding hydrogens is 238 g/mol. The zero-order valence-corrected chi connectivity index (χ0v) is 11.2. The van der Waals surface area contributed by atoms with Gasteiger partial charge in [-0.2, -0.15) is 0 Å². The molecule has 1 aromatic rings. The molecule has 19 heavy (non-hydrogen) atoms. The van der Waals surface area contributed by atoms with Gasteiger partial charge in [-0.1, -0.05) is 6.07 Å². The minimum atomic E-state index is 0.0492. The molecule has 0 bridgehead atoms. The van der Waals surface area contributed by atoms with Crippen LogP contribution in [0.1, 0.15) is 36.8 Å². The van der Waals surface area contributed by atoms with Gasteiger partial charge in [0.1, 0.15) is 5.75 Å². The van der Waals surface area contributed by atoms with Crippen molar-refractivity contribution in [2.24, 2.45) is 0 Å². The van der Waals surface area contributed by atoms with E-state index in [1.54, 1.807) is 13.2 Å². The van der Waals surface area contributed by atoms with E-state index in [9.17, 15) is 4.79 Å². The van der Waals surface area contributed by atoms with Crippen molar-refractivity contribution in [3.05, 3.63) is 35.4 Å². The molecule has 0 aliphatic heterocycles. The first kappa shape index (κ1) is 12.3. The number of carbonyl (C=O) groups is 1. The number of ether oxygens (including phenoxy) is 1. The van der Waals surface area contributed by atoms with Gasteiger partial charge in [0.25, 0.3) is 0 Å². The number of nitrogens with one attached hydrogen (secondary N) is 1. The maximum Gasteiger partial charge on any atom is 0.244 e. The van der Waals surface area contributed by atoms with Crippen LogP contribution >= 0.6 is 0 Å². The Kier molecular flexibility index (Phi) is 3.28. The fourth-order valence-corrected chi connectivity index (χ4v) is 2.58. The molecule has 0 spiro atoms. The van der Waals surface area contributed by atoms with Crippen molar-refractivity contribution in [3.8, 4) is 5.75 Å². The molecular formula is C16H19NO2. The van der Waals surface area contributed by atoms with Crippen molar-refractivity contribution in [1.29, 1.82) is 0 Å². The molecule has 1 amide bonds. The van der Waals surface area contributed by atoms with E-state index in [1.165, 1.54) is 11.1 Å². The summed E-state index contributed by atoms with van der Waals surface area (Å²) in [6.07, 6.45) is 7.19. The van der Waals surface area contributed by atoms with Gasteiger partial charge in [0, 0.05) is 12.1 Å². The highest BCUT2D eigenvalue weighted by molar-refractivity contribution is 5.96. The highest BCUT2D eigenvalue weighted by Gasteiger charge is 2.23. The number of rotatable bonds is 3. The largest absolute Gasteiger partial charge is 0.497 e. The molecule has 2 aliphatic carbocycles. The van der Waals surface area contributed by atoms with Gasteiger partial charge in [-0.3, -0.25) is 4.79 Å². The van der Waals surface area contributed by atoms with Crippen molar-refractivity contribution < 1.29 is 9.53 Å². The summed E-state index contributed by atoms with van der Waals surface area (Å²) in [6, 6.07) is 6.56.